The predicted molar refractivity (Wildman–Crippen MR) is 119 cm³/mol. The summed E-state index contributed by atoms with van der Waals surface area (Å²) in [6.45, 7) is -2.03. The van der Waals surface area contributed by atoms with Crippen molar-refractivity contribution in [2.45, 2.75) is 19.7 Å². The lowest BCUT2D eigenvalue weighted by Gasteiger charge is -2.16. The average molecular weight is 513 g/mol. The molecule has 3 aromatic rings. The molecule has 2 N–H and O–H groups in total. The Bertz CT molecular complexity index is 919. The maximum atomic E-state index is 12.5. The van der Waals surface area contributed by atoms with Crippen molar-refractivity contribution in [1.29, 1.82) is 0 Å². The monoisotopic (exact) mass is 513 g/mol. The van der Waals surface area contributed by atoms with Crippen molar-refractivity contribution in [3.8, 4) is 11.4 Å². The smallest absolute Gasteiger partial charge is 0.387 e. The highest BCUT2D eigenvalue weighted by Gasteiger charge is 2.10. The van der Waals surface area contributed by atoms with Crippen molar-refractivity contribution in [2.24, 2.45) is 4.99 Å². The second-order valence-electron chi connectivity index (χ2n) is 5.86. The lowest BCUT2D eigenvalue weighted by atomic mass is 10.1. The SMILES string of the molecule is CN=C(NCc1ccccc1OC(F)F)NCc1ccccc1-n1ccnc1.I. The van der Waals surface area contributed by atoms with E-state index in [2.05, 4.69) is 25.3 Å². The van der Waals surface area contributed by atoms with Crippen LogP contribution in [-0.4, -0.2) is 29.2 Å². The van der Waals surface area contributed by atoms with Crippen LogP contribution in [0.2, 0.25) is 0 Å². The van der Waals surface area contributed by atoms with E-state index in [4.69, 9.17) is 0 Å². The highest BCUT2D eigenvalue weighted by Crippen LogP contribution is 2.20. The summed E-state index contributed by atoms with van der Waals surface area (Å²) < 4.78 is 31.6. The lowest BCUT2D eigenvalue weighted by molar-refractivity contribution is -0.0504. The number of para-hydroxylation sites is 2. The number of guanidine groups is 1. The minimum absolute atomic E-state index is 0. The molecule has 0 aliphatic heterocycles. The summed E-state index contributed by atoms with van der Waals surface area (Å²) in [5, 5.41) is 6.35. The van der Waals surface area contributed by atoms with Crippen LogP contribution in [0.4, 0.5) is 8.78 Å². The average Bonchev–Trinajstić information content (AvgIpc) is 3.24. The predicted octanol–water partition coefficient (Wildman–Crippen LogP) is 3.96. The summed E-state index contributed by atoms with van der Waals surface area (Å²) in [7, 11) is 1.65. The van der Waals surface area contributed by atoms with Gasteiger partial charge in [-0.2, -0.15) is 8.78 Å². The van der Waals surface area contributed by atoms with E-state index in [1.807, 2.05) is 35.0 Å². The molecule has 0 fully saturated rings. The van der Waals surface area contributed by atoms with E-state index < -0.39 is 6.61 Å². The summed E-state index contributed by atoms with van der Waals surface area (Å²) in [6.07, 6.45) is 5.35. The molecule has 1 heterocycles. The summed E-state index contributed by atoms with van der Waals surface area (Å²) in [5.41, 5.74) is 2.69. The van der Waals surface area contributed by atoms with E-state index in [1.165, 1.54) is 6.07 Å². The molecule has 1 aromatic heterocycles. The number of imidazole rings is 1. The zero-order valence-corrected chi connectivity index (χ0v) is 18.1. The lowest BCUT2D eigenvalue weighted by Crippen LogP contribution is -2.36. The van der Waals surface area contributed by atoms with Crippen LogP contribution < -0.4 is 15.4 Å². The number of nitrogens with one attached hydrogen (secondary N) is 2. The maximum Gasteiger partial charge on any atom is 0.387 e. The summed E-state index contributed by atoms with van der Waals surface area (Å²) in [6, 6.07) is 14.6. The Morgan fingerprint density at radius 1 is 1.07 bits per heavy atom. The number of aromatic nitrogens is 2. The minimum atomic E-state index is -2.86. The van der Waals surface area contributed by atoms with Crippen LogP contribution in [0.25, 0.3) is 5.69 Å². The molecule has 0 unspecified atom stereocenters. The molecule has 0 saturated carbocycles. The number of alkyl halides is 2. The number of halogens is 3. The van der Waals surface area contributed by atoms with E-state index in [1.54, 1.807) is 37.8 Å². The highest BCUT2D eigenvalue weighted by molar-refractivity contribution is 14.0. The van der Waals surface area contributed by atoms with Crippen molar-refractivity contribution in [3.63, 3.8) is 0 Å². The first-order valence-corrected chi connectivity index (χ1v) is 8.71. The fourth-order valence-electron chi connectivity index (χ4n) is 2.75. The quantitative estimate of drug-likeness (QED) is 0.286. The first-order valence-electron chi connectivity index (χ1n) is 8.71. The van der Waals surface area contributed by atoms with E-state index in [9.17, 15) is 8.78 Å². The van der Waals surface area contributed by atoms with Crippen molar-refractivity contribution < 1.29 is 13.5 Å². The minimum Gasteiger partial charge on any atom is -0.434 e. The first kappa shape index (κ1) is 22.6. The summed E-state index contributed by atoms with van der Waals surface area (Å²) in [4.78, 5) is 8.27. The van der Waals surface area contributed by atoms with Gasteiger partial charge in [-0.05, 0) is 17.7 Å². The molecule has 2 aromatic carbocycles. The van der Waals surface area contributed by atoms with Gasteiger partial charge in [-0.1, -0.05) is 36.4 Å². The molecule has 0 bridgehead atoms. The number of rotatable bonds is 7. The topological polar surface area (TPSA) is 63.5 Å². The van der Waals surface area contributed by atoms with Gasteiger partial charge >= 0.3 is 6.61 Å². The van der Waals surface area contributed by atoms with Crippen molar-refractivity contribution in [2.75, 3.05) is 7.05 Å². The summed E-state index contributed by atoms with van der Waals surface area (Å²) >= 11 is 0. The van der Waals surface area contributed by atoms with Gasteiger partial charge in [0.2, 0.25) is 0 Å². The number of nitrogens with zero attached hydrogens (tertiary/aromatic N) is 3. The van der Waals surface area contributed by atoms with Crippen LogP contribution in [0.3, 0.4) is 0 Å². The van der Waals surface area contributed by atoms with Crippen molar-refractivity contribution in [1.82, 2.24) is 20.2 Å². The molecule has 6 nitrogen and oxygen atoms in total. The highest BCUT2D eigenvalue weighted by atomic mass is 127. The van der Waals surface area contributed by atoms with Crippen molar-refractivity contribution >= 4 is 29.9 Å². The van der Waals surface area contributed by atoms with Gasteiger partial charge in [0.25, 0.3) is 0 Å². The Morgan fingerprint density at radius 3 is 2.38 bits per heavy atom. The Labute approximate surface area is 185 Å². The van der Waals surface area contributed by atoms with Crippen LogP contribution in [-0.2, 0) is 13.1 Å². The largest absolute Gasteiger partial charge is 0.434 e. The second kappa shape index (κ2) is 11.3. The van der Waals surface area contributed by atoms with Gasteiger partial charge in [-0.25, -0.2) is 4.98 Å². The standard InChI is InChI=1S/C20H21F2N5O.HI/c1-23-20(26-13-16-7-3-5-9-18(16)28-19(21)22)25-12-15-6-2-4-8-17(15)27-11-10-24-14-27;/h2-11,14,19H,12-13H2,1H3,(H2,23,25,26);1H. The van der Waals surface area contributed by atoms with E-state index in [0.717, 1.165) is 11.3 Å². The molecule has 9 heteroatoms. The fraction of sp³-hybridized carbons (Fsp3) is 0.200. The molecule has 0 aliphatic rings. The number of aliphatic imine (C=N–C) groups is 1. The molecular formula is C20H22F2IN5O. The van der Waals surface area contributed by atoms with Gasteiger partial charge in [0, 0.05) is 38.1 Å². The van der Waals surface area contributed by atoms with Gasteiger partial charge in [0.05, 0.1) is 12.0 Å². The van der Waals surface area contributed by atoms with Gasteiger partial charge in [-0.3, -0.25) is 4.99 Å². The Kier molecular flexibility index (Phi) is 8.84. The number of ether oxygens (including phenoxy) is 1. The zero-order valence-electron chi connectivity index (χ0n) is 15.8. The zero-order chi connectivity index (χ0) is 19.8. The molecule has 0 amide bonds. The van der Waals surface area contributed by atoms with E-state index >= 15 is 0 Å². The third-order valence-corrected chi connectivity index (χ3v) is 4.08. The van der Waals surface area contributed by atoms with Crippen LogP contribution >= 0.6 is 24.0 Å². The van der Waals surface area contributed by atoms with E-state index in [0.29, 0.717) is 24.6 Å². The molecule has 0 aliphatic carbocycles. The van der Waals surface area contributed by atoms with Crippen LogP contribution in [0, 0.1) is 0 Å². The summed E-state index contributed by atoms with van der Waals surface area (Å²) in [5.74, 6) is 0.693. The molecule has 0 saturated heterocycles. The fourth-order valence-corrected chi connectivity index (χ4v) is 2.75. The Balaban J connectivity index is 0.00000300. The molecule has 3 rings (SSSR count). The van der Waals surface area contributed by atoms with Gasteiger partial charge in [-0.15, -0.1) is 24.0 Å². The normalized spacial score (nSPS) is 11.1. The van der Waals surface area contributed by atoms with Gasteiger partial charge in [0.1, 0.15) is 5.75 Å². The Hall–Kier alpha value is -2.69. The van der Waals surface area contributed by atoms with Crippen LogP contribution in [0.5, 0.6) is 5.75 Å². The molecular weight excluding hydrogens is 491 g/mol. The molecule has 154 valence electrons. The second-order valence-corrected chi connectivity index (χ2v) is 5.86. The number of benzene rings is 2. The van der Waals surface area contributed by atoms with Gasteiger partial charge < -0.3 is 19.9 Å². The third-order valence-electron chi connectivity index (χ3n) is 4.08. The number of hydrogen-bond donors (Lipinski definition) is 2. The molecule has 0 spiro atoms. The molecule has 0 radical (unpaired) electrons. The van der Waals surface area contributed by atoms with Crippen molar-refractivity contribution in [3.05, 3.63) is 78.4 Å². The first-order chi connectivity index (χ1) is 13.7. The van der Waals surface area contributed by atoms with Crippen LogP contribution in [0.1, 0.15) is 11.1 Å². The van der Waals surface area contributed by atoms with E-state index in [-0.39, 0.29) is 29.7 Å². The van der Waals surface area contributed by atoms with Gasteiger partial charge in [0.15, 0.2) is 5.96 Å². The van der Waals surface area contributed by atoms with Crippen LogP contribution in [0.15, 0.2) is 72.2 Å². The Morgan fingerprint density at radius 2 is 1.72 bits per heavy atom. The molecule has 0 atom stereocenters. The molecule has 29 heavy (non-hydrogen) atoms. The number of hydrogen-bond acceptors (Lipinski definition) is 3. The maximum absolute atomic E-state index is 12.5. The third kappa shape index (κ3) is 6.41.